The summed E-state index contributed by atoms with van der Waals surface area (Å²) in [6.45, 7) is 2.13. The highest BCUT2D eigenvalue weighted by atomic mass is 32.2. The van der Waals surface area contributed by atoms with Gasteiger partial charge in [0.05, 0.1) is 17.1 Å². The molecule has 2 amide bonds. The van der Waals surface area contributed by atoms with Crippen molar-refractivity contribution in [2.24, 2.45) is 0 Å². The van der Waals surface area contributed by atoms with E-state index in [2.05, 4.69) is 10.6 Å². The van der Waals surface area contributed by atoms with Crippen LogP contribution in [0.25, 0.3) is 0 Å². The average Bonchev–Trinajstić information content (AvgIpc) is 2.91. The maximum absolute atomic E-state index is 12.0. The Kier molecular flexibility index (Phi) is 4.02. The fourth-order valence-electron chi connectivity index (χ4n) is 2.03. The summed E-state index contributed by atoms with van der Waals surface area (Å²) in [6.07, 6.45) is 1.31. The van der Waals surface area contributed by atoms with E-state index in [1.165, 1.54) is 17.8 Å². The molecule has 0 aliphatic carbocycles. The number of hydrogen-bond acceptors (Lipinski definition) is 4. The largest absolute Gasteiger partial charge is 0.465 e. The Morgan fingerprint density at radius 2 is 2.14 bits per heavy atom. The van der Waals surface area contributed by atoms with Crippen LogP contribution in [-0.4, -0.2) is 11.8 Å². The lowest BCUT2D eigenvalue weighted by molar-refractivity contribution is -0.117. The molecule has 0 atom stereocenters. The Hall–Kier alpha value is -2.47. The molecule has 2 N–H and O–H groups in total. The van der Waals surface area contributed by atoms with Crippen LogP contribution in [-0.2, 0) is 16.1 Å². The molecule has 0 spiro atoms. The zero-order valence-electron chi connectivity index (χ0n) is 11.9. The lowest BCUT2D eigenvalue weighted by atomic mass is 10.3. The van der Waals surface area contributed by atoms with E-state index in [9.17, 15) is 9.59 Å². The molecule has 1 aliphatic heterocycles. The lowest BCUT2D eigenvalue weighted by Crippen LogP contribution is -2.23. The van der Waals surface area contributed by atoms with Crippen LogP contribution in [0.2, 0.25) is 0 Å². The molecule has 0 radical (unpaired) electrons. The van der Waals surface area contributed by atoms with Crippen LogP contribution in [0, 0.1) is 6.92 Å². The monoisotopic (exact) mass is 314 g/mol. The van der Waals surface area contributed by atoms with Gasteiger partial charge in [-0.2, -0.15) is 0 Å². The maximum atomic E-state index is 12.0. The highest BCUT2D eigenvalue weighted by molar-refractivity contribution is 8.04. The number of carbonyl (C=O) groups excluding carboxylic acids is 2. The number of fused-ring (bicyclic) bond motifs is 1. The van der Waals surface area contributed by atoms with E-state index in [0.29, 0.717) is 17.2 Å². The third-order valence-corrected chi connectivity index (χ3v) is 4.17. The number of anilines is 1. The van der Waals surface area contributed by atoms with Crippen LogP contribution < -0.4 is 10.6 Å². The van der Waals surface area contributed by atoms with Crippen molar-refractivity contribution in [1.82, 2.24) is 5.32 Å². The number of thioether (sulfide) groups is 1. The van der Waals surface area contributed by atoms with Crippen LogP contribution in [0.15, 0.2) is 56.7 Å². The highest BCUT2D eigenvalue weighted by Gasteiger charge is 2.21. The average molecular weight is 314 g/mol. The van der Waals surface area contributed by atoms with E-state index in [-0.39, 0.29) is 11.8 Å². The van der Waals surface area contributed by atoms with E-state index in [1.54, 1.807) is 6.07 Å². The molecule has 0 saturated carbocycles. The number of aryl methyl sites for hydroxylation is 1. The molecular weight excluding hydrogens is 300 g/mol. The minimum atomic E-state index is -0.328. The van der Waals surface area contributed by atoms with Crippen LogP contribution in [0.4, 0.5) is 5.69 Å². The van der Waals surface area contributed by atoms with E-state index >= 15 is 0 Å². The van der Waals surface area contributed by atoms with E-state index < -0.39 is 0 Å². The topological polar surface area (TPSA) is 71.3 Å². The van der Waals surface area contributed by atoms with Crippen molar-refractivity contribution in [3.8, 4) is 0 Å². The first kappa shape index (κ1) is 14.5. The Bertz CT molecular complexity index is 764. The second-order valence-corrected chi connectivity index (χ2v) is 5.87. The number of amides is 2. The van der Waals surface area contributed by atoms with E-state index in [1.807, 2.05) is 37.3 Å². The molecule has 2 heterocycles. The highest BCUT2D eigenvalue weighted by Crippen LogP contribution is 2.37. The number of benzene rings is 1. The predicted octanol–water partition coefficient (Wildman–Crippen LogP) is 2.83. The van der Waals surface area contributed by atoms with Gasteiger partial charge in [0.25, 0.3) is 5.91 Å². The predicted molar refractivity (Wildman–Crippen MR) is 84.3 cm³/mol. The van der Waals surface area contributed by atoms with Crippen molar-refractivity contribution in [3.63, 3.8) is 0 Å². The zero-order chi connectivity index (χ0) is 15.5. The maximum Gasteiger partial charge on any atom is 0.262 e. The molecule has 0 unspecified atom stereocenters. The van der Waals surface area contributed by atoms with Gasteiger partial charge in [-0.05, 0) is 31.2 Å². The molecule has 22 heavy (non-hydrogen) atoms. The summed E-state index contributed by atoms with van der Waals surface area (Å²) >= 11 is 1.28. The van der Waals surface area contributed by atoms with Crippen molar-refractivity contribution < 1.29 is 14.0 Å². The molecule has 1 aromatic heterocycles. The fraction of sp³-hybridized carbons (Fsp3) is 0.125. The SMILES string of the molecule is Cc1ccc(CNC(=O)/C=C2\Sc3ccccc3NC2=O)o1. The van der Waals surface area contributed by atoms with Gasteiger partial charge >= 0.3 is 0 Å². The fourth-order valence-corrected chi connectivity index (χ4v) is 2.95. The molecule has 1 aromatic carbocycles. The molecule has 2 aromatic rings. The molecular formula is C16H14N2O3S. The third-order valence-electron chi connectivity index (χ3n) is 3.07. The van der Waals surface area contributed by atoms with Crippen LogP contribution in [0.1, 0.15) is 11.5 Å². The number of rotatable bonds is 3. The van der Waals surface area contributed by atoms with Gasteiger partial charge in [0.15, 0.2) is 0 Å². The number of para-hydroxylation sites is 1. The van der Waals surface area contributed by atoms with Gasteiger partial charge in [-0.25, -0.2) is 0 Å². The molecule has 6 heteroatoms. The number of hydrogen-bond donors (Lipinski definition) is 2. The number of furan rings is 1. The molecule has 3 rings (SSSR count). The Morgan fingerprint density at radius 3 is 2.91 bits per heavy atom. The van der Waals surface area contributed by atoms with Gasteiger partial charge in [-0.15, -0.1) is 0 Å². The summed E-state index contributed by atoms with van der Waals surface area (Å²) in [7, 11) is 0. The molecule has 1 aliphatic rings. The lowest BCUT2D eigenvalue weighted by Gasteiger charge is -2.17. The van der Waals surface area contributed by atoms with Gasteiger partial charge in [0.2, 0.25) is 5.91 Å². The van der Waals surface area contributed by atoms with Gasteiger partial charge in [-0.1, -0.05) is 23.9 Å². The summed E-state index contributed by atoms with van der Waals surface area (Å²) in [5.41, 5.74) is 0.765. The second kappa shape index (κ2) is 6.11. The van der Waals surface area contributed by atoms with Crippen LogP contribution in [0.3, 0.4) is 0 Å². The van der Waals surface area contributed by atoms with Crippen molar-refractivity contribution in [2.75, 3.05) is 5.32 Å². The number of carbonyl (C=O) groups is 2. The normalized spacial score (nSPS) is 15.3. The molecule has 112 valence electrons. The van der Waals surface area contributed by atoms with Crippen molar-refractivity contribution >= 4 is 29.3 Å². The van der Waals surface area contributed by atoms with Crippen LogP contribution >= 0.6 is 11.8 Å². The Balaban J connectivity index is 1.67. The molecule has 0 bridgehead atoms. The standard InChI is InChI=1S/C16H14N2O3S/c1-10-6-7-11(21-10)9-17-15(19)8-14-16(20)18-12-4-2-3-5-13(12)22-14/h2-8H,9H2,1H3,(H,17,19)(H,18,20)/b14-8-. The van der Waals surface area contributed by atoms with E-state index in [4.69, 9.17) is 4.42 Å². The first-order chi connectivity index (χ1) is 10.6. The first-order valence-electron chi connectivity index (χ1n) is 6.75. The zero-order valence-corrected chi connectivity index (χ0v) is 12.7. The Morgan fingerprint density at radius 1 is 1.32 bits per heavy atom. The van der Waals surface area contributed by atoms with Crippen molar-refractivity contribution in [2.45, 2.75) is 18.4 Å². The van der Waals surface area contributed by atoms with Gasteiger partial charge in [0, 0.05) is 11.0 Å². The van der Waals surface area contributed by atoms with Crippen molar-refractivity contribution in [1.29, 1.82) is 0 Å². The third kappa shape index (κ3) is 3.23. The smallest absolute Gasteiger partial charge is 0.262 e. The van der Waals surface area contributed by atoms with Gasteiger partial charge < -0.3 is 15.1 Å². The second-order valence-electron chi connectivity index (χ2n) is 4.79. The van der Waals surface area contributed by atoms with Crippen LogP contribution in [0.5, 0.6) is 0 Å². The molecule has 0 saturated heterocycles. The van der Waals surface area contributed by atoms with Gasteiger partial charge in [-0.3, -0.25) is 9.59 Å². The summed E-state index contributed by atoms with van der Waals surface area (Å²) in [5.74, 6) is 0.871. The first-order valence-corrected chi connectivity index (χ1v) is 7.56. The number of nitrogens with one attached hydrogen (secondary N) is 2. The quantitative estimate of drug-likeness (QED) is 0.855. The Labute approximate surface area is 131 Å². The summed E-state index contributed by atoms with van der Waals surface area (Å²) < 4.78 is 5.37. The minimum absolute atomic E-state index is 0.271. The van der Waals surface area contributed by atoms with Crippen molar-refractivity contribution in [3.05, 3.63) is 58.9 Å². The summed E-state index contributed by atoms with van der Waals surface area (Å²) in [5, 5.41) is 5.47. The van der Waals surface area contributed by atoms with Gasteiger partial charge in [0.1, 0.15) is 11.5 Å². The van der Waals surface area contributed by atoms with E-state index in [0.717, 1.165) is 16.3 Å². The summed E-state index contributed by atoms with van der Waals surface area (Å²) in [4.78, 5) is 25.2. The molecule has 0 fully saturated rings. The molecule has 5 nitrogen and oxygen atoms in total. The summed E-state index contributed by atoms with van der Waals surface area (Å²) in [6, 6.07) is 11.1. The minimum Gasteiger partial charge on any atom is -0.465 e.